The van der Waals surface area contributed by atoms with Crippen LogP contribution in [0.1, 0.15) is 5.69 Å². The molecule has 0 unspecified atom stereocenters. The Kier molecular flexibility index (Phi) is 5.60. The molecule has 136 valence electrons. The van der Waals surface area contributed by atoms with Gasteiger partial charge in [0.05, 0.1) is 9.50 Å². The van der Waals surface area contributed by atoms with Crippen LogP contribution in [0, 0.1) is 5.82 Å². The molecule has 2 aromatic rings. The van der Waals surface area contributed by atoms with Crippen molar-refractivity contribution in [1.82, 2.24) is 4.57 Å². The maximum absolute atomic E-state index is 14.3. The van der Waals surface area contributed by atoms with Crippen LogP contribution in [0.25, 0.3) is 11.1 Å². The maximum atomic E-state index is 14.3. The summed E-state index contributed by atoms with van der Waals surface area (Å²) in [5.74, 6) is -2.46. The number of carboxylic acids is 1. The van der Waals surface area contributed by atoms with Gasteiger partial charge in [0.15, 0.2) is 6.61 Å². The van der Waals surface area contributed by atoms with E-state index in [1.165, 1.54) is 0 Å². The molecule has 4 nitrogen and oxygen atoms in total. The highest BCUT2D eigenvalue weighted by Crippen LogP contribution is 2.47. The van der Waals surface area contributed by atoms with Gasteiger partial charge in [0, 0.05) is 18.2 Å². The van der Waals surface area contributed by atoms with Crippen LogP contribution in [-0.4, -0.2) is 22.2 Å². The minimum Gasteiger partial charge on any atom is -0.480 e. The molecule has 25 heavy (non-hydrogen) atoms. The second-order valence-electron chi connectivity index (χ2n) is 4.83. The van der Waals surface area contributed by atoms with Crippen molar-refractivity contribution >= 4 is 45.1 Å². The first-order chi connectivity index (χ1) is 11.4. The number of nitrogens with zero attached hydrogens (tertiary/aromatic N) is 1. The average molecular weight is 465 g/mol. The van der Waals surface area contributed by atoms with Gasteiger partial charge >= 0.3 is 12.1 Å². The lowest BCUT2D eigenvalue weighted by Gasteiger charge is -2.10. The molecule has 0 fully saturated rings. The van der Waals surface area contributed by atoms with Gasteiger partial charge in [0.2, 0.25) is 0 Å². The van der Waals surface area contributed by atoms with Gasteiger partial charge in [0.1, 0.15) is 22.4 Å². The predicted octanol–water partition coefficient (Wildman–Crippen LogP) is 5.38. The van der Waals surface area contributed by atoms with E-state index in [0.717, 1.165) is 19.2 Å². The number of ether oxygens (including phenoxy) is 1. The topological polar surface area (TPSA) is 51.5 Å². The number of carbonyl (C=O) groups is 1. The number of aliphatic carboxylic acids is 1. The SMILES string of the molecule is Cn1c(Cl)c(-c2cc(OCC(=O)O)c(Cl)cc2F)c(Br)c1C(F)(F)F. The molecule has 0 radical (unpaired) electrons. The maximum Gasteiger partial charge on any atom is 0.432 e. The molecular formula is C14H8BrCl2F4NO3. The zero-order valence-electron chi connectivity index (χ0n) is 12.2. The molecule has 0 atom stereocenters. The van der Waals surface area contributed by atoms with Crippen LogP contribution < -0.4 is 4.74 Å². The van der Waals surface area contributed by atoms with Gasteiger partial charge in [-0.2, -0.15) is 13.2 Å². The van der Waals surface area contributed by atoms with Gasteiger partial charge in [0.25, 0.3) is 0 Å². The van der Waals surface area contributed by atoms with E-state index in [1.54, 1.807) is 0 Å². The first-order valence-corrected chi connectivity index (χ1v) is 7.95. The summed E-state index contributed by atoms with van der Waals surface area (Å²) in [6.45, 7) is -0.762. The van der Waals surface area contributed by atoms with E-state index in [-0.39, 0.29) is 27.1 Å². The first kappa shape index (κ1) is 19.9. The number of benzene rings is 1. The molecular weight excluding hydrogens is 457 g/mol. The molecule has 1 aromatic heterocycles. The van der Waals surface area contributed by atoms with Crippen LogP contribution in [0.4, 0.5) is 17.6 Å². The van der Waals surface area contributed by atoms with E-state index in [0.29, 0.717) is 4.57 Å². The van der Waals surface area contributed by atoms with Crippen molar-refractivity contribution in [2.75, 3.05) is 6.61 Å². The van der Waals surface area contributed by atoms with Crippen molar-refractivity contribution in [2.24, 2.45) is 7.05 Å². The van der Waals surface area contributed by atoms with Crippen molar-refractivity contribution in [1.29, 1.82) is 0 Å². The normalized spacial score (nSPS) is 11.7. The number of hydrogen-bond donors (Lipinski definition) is 1. The second kappa shape index (κ2) is 7.05. The monoisotopic (exact) mass is 463 g/mol. The minimum absolute atomic E-state index is 0.208. The Morgan fingerprint density at radius 1 is 1.36 bits per heavy atom. The Hall–Kier alpha value is -1.45. The first-order valence-electron chi connectivity index (χ1n) is 6.40. The number of halogens is 7. The number of aromatic nitrogens is 1. The Labute approximate surface area is 157 Å². The molecule has 0 spiro atoms. The molecule has 0 amide bonds. The van der Waals surface area contributed by atoms with E-state index in [2.05, 4.69) is 15.9 Å². The Bertz CT molecular complexity index is 852. The highest BCUT2D eigenvalue weighted by molar-refractivity contribution is 9.10. The van der Waals surface area contributed by atoms with E-state index in [1.807, 2.05) is 0 Å². The van der Waals surface area contributed by atoms with Crippen molar-refractivity contribution < 1.29 is 32.2 Å². The average Bonchev–Trinajstić information content (AvgIpc) is 2.68. The summed E-state index contributed by atoms with van der Waals surface area (Å²) in [6, 6.07) is 1.80. The van der Waals surface area contributed by atoms with Crippen LogP contribution in [0.3, 0.4) is 0 Å². The van der Waals surface area contributed by atoms with E-state index < -0.39 is 34.7 Å². The molecule has 1 N–H and O–H groups in total. The third-order valence-corrected chi connectivity index (χ3v) is 4.68. The van der Waals surface area contributed by atoms with E-state index >= 15 is 0 Å². The Morgan fingerprint density at radius 2 is 1.96 bits per heavy atom. The van der Waals surface area contributed by atoms with Crippen LogP contribution in [0.2, 0.25) is 10.2 Å². The van der Waals surface area contributed by atoms with Crippen LogP contribution >= 0.6 is 39.1 Å². The standard InChI is InChI=1S/C14H8BrCl2F4NO3/c1-22-12(14(19,20)21)11(15)10(13(22)17)5-2-8(25-4-9(23)24)6(16)3-7(5)18/h2-3H,4H2,1H3,(H,23,24). The predicted molar refractivity (Wildman–Crippen MR) is 86.7 cm³/mol. The number of carboxylic acid groups (broad SMARTS) is 1. The Morgan fingerprint density at radius 3 is 2.44 bits per heavy atom. The van der Waals surface area contributed by atoms with Crippen LogP contribution in [0.15, 0.2) is 16.6 Å². The van der Waals surface area contributed by atoms with Gasteiger partial charge in [-0.25, -0.2) is 9.18 Å². The molecule has 0 aliphatic rings. The number of hydrogen-bond acceptors (Lipinski definition) is 2. The van der Waals surface area contributed by atoms with Gasteiger partial charge in [-0.05, 0) is 28.1 Å². The molecule has 11 heteroatoms. The Balaban J connectivity index is 2.67. The van der Waals surface area contributed by atoms with Gasteiger partial charge in [-0.3, -0.25) is 0 Å². The third kappa shape index (κ3) is 3.88. The van der Waals surface area contributed by atoms with E-state index in [9.17, 15) is 22.4 Å². The summed E-state index contributed by atoms with van der Waals surface area (Å²) < 4.78 is 58.9. The second-order valence-corrected chi connectivity index (χ2v) is 6.39. The number of alkyl halides is 3. The fourth-order valence-corrected chi connectivity index (χ4v) is 3.63. The molecule has 0 aliphatic carbocycles. The van der Waals surface area contributed by atoms with Gasteiger partial charge in [-0.1, -0.05) is 23.2 Å². The number of rotatable bonds is 4. The van der Waals surface area contributed by atoms with Crippen LogP contribution in [0.5, 0.6) is 5.75 Å². The summed E-state index contributed by atoms with van der Waals surface area (Å²) in [6.07, 6.45) is -4.74. The fourth-order valence-electron chi connectivity index (χ4n) is 2.14. The van der Waals surface area contributed by atoms with Gasteiger partial charge < -0.3 is 14.4 Å². The molecule has 1 aromatic carbocycles. The van der Waals surface area contributed by atoms with E-state index in [4.69, 9.17) is 33.0 Å². The lowest BCUT2D eigenvalue weighted by atomic mass is 10.1. The zero-order valence-corrected chi connectivity index (χ0v) is 15.3. The minimum atomic E-state index is -4.74. The molecule has 0 saturated heterocycles. The highest BCUT2D eigenvalue weighted by Gasteiger charge is 2.40. The summed E-state index contributed by atoms with van der Waals surface area (Å²) in [4.78, 5) is 10.6. The van der Waals surface area contributed by atoms with Gasteiger partial charge in [-0.15, -0.1) is 0 Å². The highest BCUT2D eigenvalue weighted by atomic mass is 79.9. The largest absolute Gasteiger partial charge is 0.480 e. The van der Waals surface area contributed by atoms with Crippen molar-refractivity contribution in [2.45, 2.75) is 6.18 Å². The third-order valence-electron chi connectivity index (χ3n) is 3.17. The summed E-state index contributed by atoms with van der Waals surface area (Å²) in [5.41, 5.74) is -1.69. The smallest absolute Gasteiger partial charge is 0.432 e. The molecule has 0 bridgehead atoms. The molecule has 1 heterocycles. The lowest BCUT2D eigenvalue weighted by molar-refractivity contribution is -0.143. The van der Waals surface area contributed by atoms with Crippen molar-refractivity contribution in [3.8, 4) is 16.9 Å². The molecule has 0 saturated carbocycles. The fraction of sp³-hybridized carbons (Fsp3) is 0.214. The molecule has 0 aliphatic heterocycles. The summed E-state index contributed by atoms with van der Waals surface area (Å²) in [5, 5.41) is 8.02. The van der Waals surface area contributed by atoms with Crippen molar-refractivity contribution in [3.63, 3.8) is 0 Å². The zero-order chi connectivity index (χ0) is 19.1. The summed E-state index contributed by atoms with van der Waals surface area (Å²) >= 11 is 14.5. The molecule has 2 rings (SSSR count). The van der Waals surface area contributed by atoms with Crippen LogP contribution in [-0.2, 0) is 18.0 Å². The quantitative estimate of drug-likeness (QED) is 0.618. The summed E-state index contributed by atoms with van der Waals surface area (Å²) in [7, 11) is 1.08. The van der Waals surface area contributed by atoms with Crippen molar-refractivity contribution in [3.05, 3.63) is 38.3 Å². The lowest BCUT2D eigenvalue weighted by Crippen LogP contribution is -2.11.